The summed E-state index contributed by atoms with van der Waals surface area (Å²) in [5.41, 5.74) is 5.47. The Hall–Kier alpha value is -1.22. The lowest BCUT2D eigenvalue weighted by atomic mass is 10.3. The van der Waals surface area contributed by atoms with E-state index in [0.29, 0.717) is 6.61 Å². The van der Waals surface area contributed by atoms with E-state index in [0.717, 1.165) is 44.2 Å². The highest BCUT2D eigenvalue weighted by molar-refractivity contribution is 14.0. The third-order valence-electron chi connectivity index (χ3n) is 3.45. The molecule has 0 spiro atoms. The molecule has 21 heavy (non-hydrogen) atoms. The first-order chi connectivity index (χ1) is 9.69. The van der Waals surface area contributed by atoms with Gasteiger partial charge in [-0.2, -0.15) is 0 Å². The smallest absolute Gasteiger partial charge is 0.188 e. The Morgan fingerprint density at radius 3 is 2.24 bits per heavy atom. The minimum atomic E-state index is 0. The Bertz CT molecular complexity index is 433. The van der Waals surface area contributed by atoms with Crippen molar-refractivity contribution < 1.29 is 9.47 Å². The molecule has 2 rings (SSSR count). The molecule has 0 bridgehead atoms. The SMILES string of the molecule is COc1ccc(OCCN2CCN(C(=N)N)CC2)cc1.I. The van der Waals surface area contributed by atoms with Crippen molar-refractivity contribution in [3.8, 4) is 11.5 Å². The molecule has 1 heterocycles. The van der Waals surface area contributed by atoms with Crippen molar-refractivity contribution in [2.45, 2.75) is 0 Å². The monoisotopic (exact) mass is 406 g/mol. The predicted molar refractivity (Wildman–Crippen MR) is 93.8 cm³/mol. The third-order valence-corrected chi connectivity index (χ3v) is 3.45. The first-order valence-corrected chi connectivity index (χ1v) is 6.77. The maximum absolute atomic E-state index is 7.39. The van der Waals surface area contributed by atoms with Crippen molar-refractivity contribution in [2.75, 3.05) is 46.4 Å². The average molecular weight is 406 g/mol. The van der Waals surface area contributed by atoms with Gasteiger partial charge in [-0.1, -0.05) is 0 Å². The summed E-state index contributed by atoms with van der Waals surface area (Å²) in [4.78, 5) is 4.21. The van der Waals surface area contributed by atoms with Gasteiger partial charge in [-0.15, -0.1) is 24.0 Å². The summed E-state index contributed by atoms with van der Waals surface area (Å²) in [5, 5.41) is 7.39. The van der Waals surface area contributed by atoms with Crippen molar-refractivity contribution in [2.24, 2.45) is 5.73 Å². The summed E-state index contributed by atoms with van der Waals surface area (Å²) in [6.45, 7) is 5.02. The molecule has 0 aliphatic carbocycles. The van der Waals surface area contributed by atoms with Gasteiger partial charge in [-0.25, -0.2) is 0 Å². The maximum atomic E-state index is 7.39. The lowest BCUT2D eigenvalue weighted by molar-refractivity contribution is 0.153. The van der Waals surface area contributed by atoms with E-state index in [1.807, 2.05) is 29.2 Å². The number of methoxy groups -OCH3 is 1. The van der Waals surface area contributed by atoms with Gasteiger partial charge in [-0.3, -0.25) is 10.3 Å². The van der Waals surface area contributed by atoms with Gasteiger partial charge in [0, 0.05) is 32.7 Å². The molecule has 1 aromatic rings. The molecule has 1 aliphatic rings. The summed E-state index contributed by atoms with van der Waals surface area (Å²) in [6.07, 6.45) is 0. The zero-order valence-corrected chi connectivity index (χ0v) is 14.6. The number of piperazine rings is 1. The molecule has 1 fully saturated rings. The number of nitrogens with zero attached hydrogens (tertiary/aromatic N) is 2. The number of ether oxygens (including phenoxy) is 2. The summed E-state index contributed by atoms with van der Waals surface area (Å²) in [7, 11) is 1.65. The van der Waals surface area contributed by atoms with Gasteiger partial charge >= 0.3 is 0 Å². The predicted octanol–water partition coefficient (Wildman–Crippen LogP) is 1.20. The van der Waals surface area contributed by atoms with Crippen LogP contribution in [-0.4, -0.2) is 62.2 Å². The quantitative estimate of drug-likeness (QED) is 0.437. The van der Waals surface area contributed by atoms with Crippen molar-refractivity contribution in [1.29, 1.82) is 5.41 Å². The first-order valence-electron chi connectivity index (χ1n) is 6.77. The van der Waals surface area contributed by atoms with Crippen molar-refractivity contribution >= 4 is 29.9 Å². The highest BCUT2D eigenvalue weighted by atomic mass is 127. The van der Waals surface area contributed by atoms with E-state index in [2.05, 4.69) is 4.90 Å². The molecule has 0 amide bonds. The van der Waals surface area contributed by atoms with E-state index in [-0.39, 0.29) is 29.9 Å². The number of hydrogen-bond acceptors (Lipinski definition) is 4. The Kier molecular flexibility index (Phi) is 7.58. The molecule has 0 saturated carbocycles. The average Bonchev–Trinajstić information content (AvgIpc) is 2.48. The number of nitrogens with two attached hydrogens (primary N) is 1. The van der Waals surface area contributed by atoms with Crippen LogP contribution in [0.3, 0.4) is 0 Å². The van der Waals surface area contributed by atoms with Crippen LogP contribution in [0.5, 0.6) is 11.5 Å². The fourth-order valence-corrected chi connectivity index (χ4v) is 2.18. The molecular formula is C14H23IN4O2. The van der Waals surface area contributed by atoms with E-state index in [1.54, 1.807) is 7.11 Å². The van der Waals surface area contributed by atoms with Gasteiger partial charge in [0.1, 0.15) is 18.1 Å². The second-order valence-corrected chi connectivity index (χ2v) is 4.74. The Labute approximate surface area is 142 Å². The van der Waals surface area contributed by atoms with Crippen molar-refractivity contribution in [3.05, 3.63) is 24.3 Å². The van der Waals surface area contributed by atoms with E-state index in [9.17, 15) is 0 Å². The van der Waals surface area contributed by atoms with Crippen LogP contribution in [0.4, 0.5) is 0 Å². The molecule has 6 nitrogen and oxygen atoms in total. The minimum absolute atomic E-state index is 0. The zero-order chi connectivity index (χ0) is 14.4. The fourth-order valence-electron chi connectivity index (χ4n) is 2.18. The summed E-state index contributed by atoms with van der Waals surface area (Å²) in [5.74, 6) is 1.85. The number of guanidine groups is 1. The zero-order valence-electron chi connectivity index (χ0n) is 12.2. The third kappa shape index (κ3) is 5.58. The Morgan fingerprint density at radius 1 is 1.14 bits per heavy atom. The van der Waals surface area contributed by atoms with Gasteiger partial charge < -0.3 is 20.1 Å². The maximum Gasteiger partial charge on any atom is 0.188 e. The number of nitrogens with one attached hydrogen (secondary N) is 1. The second-order valence-electron chi connectivity index (χ2n) is 4.74. The van der Waals surface area contributed by atoms with E-state index in [1.165, 1.54) is 0 Å². The van der Waals surface area contributed by atoms with Gasteiger partial charge in [0.2, 0.25) is 0 Å². The number of halogens is 1. The number of hydrogen-bond donors (Lipinski definition) is 2. The van der Waals surface area contributed by atoms with Crippen LogP contribution < -0.4 is 15.2 Å². The summed E-state index contributed by atoms with van der Waals surface area (Å²) in [6, 6.07) is 7.60. The molecule has 0 aromatic heterocycles. The largest absolute Gasteiger partial charge is 0.497 e. The lowest BCUT2D eigenvalue weighted by Gasteiger charge is -2.34. The van der Waals surface area contributed by atoms with Crippen LogP contribution in [0.15, 0.2) is 24.3 Å². The van der Waals surface area contributed by atoms with E-state index in [4.69, 9.17) is 20.6 Å². The first kappa shape index (κ1) is 17.8. The van der Waals surface area contributed by atoms with Gasteiger partial charge in [-0.05, 0) is 24.3 Å². The molecule has 1 aromatic carbocycles. The van der Waals surface area contributed by atoms with Gasteiger partial charge in [0.15, 0.2) is 5.96 Å². The lowest BCUT2D eigenvalue weighted by Crippen LogP contribution is -2.51. The molecule has 3 N–H and O–H groups in total. The normalized spacial score (nSPS) is 15.2. The summed E-state index contributed by atoms with van der Waals surface area (Å²) < 4.78 is 10.8. The molecular weight excluding hydrogens is 383 g/mol. The number of benzene rings is 1. The van der Waals surface area contributed by atoms with Crippen LogP contribution in [-0.2, 0) is 0 Å². The number of rotatable bonds is 5. The Balaban J connectivity index is 0.00000220. The molecule has 0 atom stereocenters. The summed E-state index contributed by atoms with van der Waals surface area (Å²) >= 11 is 0. The van der Waals surface area contributed by atoms with Crippen molar-refractivity contribution in [3.63, 3.8) is 0 Å². The standard InChI is InChI=1S/C14H22N4O2.HI/c1-19-12-2-4-13(5-3-12)20-11-10-17-6-8-18(9-7-17)14(15)16;/h2-5H,6-11H2,1H3,(H3,15,16);1H. The fraction of sp³-hybridized carbons (Fsp3) is 0.500. The van der Waals surface area contributed by atoms with Crippen LogP contribution in [0.25, 0.3) is 0 Å². The van der Waals surface area contributed by atoms with Crippen LogP contribution in [0, 0.1) is 5.41 Å². The molecule has 1 saturated heterocycles. The van der Waals surface area contributed by atoms with Gasteiger partial charge in [0.05, 0.1) is 7.11 Å². The van der Waals surface area contributed by atoms with Crippen molar-refractivity contribution in [1.82, 2.24) is 9.80 Å². The minimum Gasteiger partial charge on any atom is -0.497 e. The topological polar surface area (TPSA) is 74.8 Å². The second kappa shape index (κ2) is 8.93. The van der Waals surface area contributed by atoms with Gasteiger partial charge in [0.25, 0.3) is 0 Å². The van der Waals surface area contributed by atoms with E-state index >= 15 is 0 Å². The van der Waals surface area contributed by atoms with Crippen LogP contribution >= 0.6 is 24.0 Å². The highest BCUT2D eigenvalue weighted by Gasteiger charge is 2.17. The van der Waals surface area contributed by atoms with E-state index < -0.39 is 0 Å². The molecule has 7 heteroatoms. The Morgan fingerprint density at radius 2 is 1.71 bits per heavy atom. The molecule has 0 unspecified atom stereocenters. The molecule has 0 radical (unpaired) electrons. The molecule has 118 valence electrons. The van der Waals surface area contributed by atoms with Crippen LogP contribution in [0.1, 0.15) is 0 Å². The highest BCUT2D eigenvalue weighted by Crippen LogP contribution is 2.16. The molecule has 1 aliphatic heterocycles. The van der Waals surface area contributed by atoms with Crippen LogP contribution in [0.2, 0.25) is 0 Å².